The molecule has 2 bridgehead atoms. The zero-order valence-electron chi connectivity index (χ0n) is 15.4. The average molecular weight is 391 g/mol. The lowest BCUT2D eigenvalue weighted by atomic mass is 9.79. The number of carboxylic acid groups (broad SMARTS) is 1. The topological polar surface area (TPSA) is 86.9 Å². The van der Waals surface area contributed by atoms with Gasteiger partial charge in [0.1, 0.15) is 11.6 Å². The number of hydrogen-bond acceptors (Lipinski definition) is 5. The summed E-state index contributed by atoms with van der Waals surface area (Å²) in [6.07, 6.45) is 4.44. The number of carboxylic acids is 1. The third-order valence-electron chi connectivity index (χ3n) is 6.89. The number of nitrogens with two attached hydrogens (primary N) is 1. The van der Waals surface area contributed by atoms with Crippen molar-refractivity contribution in [2.24, 2.45) is 5.73 Å². The number of hydrogen-bond donors (Lipinski definition) is 2. The second kappa shape index (κ2) is 5.97. The van der Waals surface area contributed by atoms with Gasteiger partial charge in [-0.25, -0.2) is 13.6 Å². The van der Waals surface area contributed by atoms with Gasteiger partial charge in [-0.2, -0.15) is 0 Å². The Labute approximate surface area is 161 Å². The van der Waals surface area contributed by atoms with E-state index in [1.54, 1.807) is 4.90 Å². The Kier molecular flexibility index (Phi) is 3.84. The summed E-state index contributed by atoms with van der Waals surface area (Å²) in [6.45, 7) is -0.108. The van der Waals surface area contributed by atoms with Crippen molar-refractivity contribution in [3.8, 4) is 0 Å². The molecule has 1 aromatic rings. The van der Waals surface area contributed by atoms with E-state index in [0.717, 1.165) is 37.8 Å². The average Bonchev–Trinajstić information content (AvgIpc) is 3.41. The lowest BCUT2D eigenvalue weighted by molar-refractivity contribution is -0.151. The Morgan fingerprint density at radius 2 is 1.71 bits per heavy atom. The minimum absolute atomic E-state index is 0.0139. The van der Waals surface area contributed by atoms with Crippen LogP contribution in [0.3, 0.4) is 0 Å². The molecule has 3 atom stereocenters. The van der Waals surface area contributed by atoms with Crippen molar-refractivity contribution in [1.29, 1.82) is 0 Å². The van der Waals surface area contributed by atoms with Crippen molar-refractivity contribution < 1.29 is 23.5 Å². The molecule has 28 heavy (non-hydrogen) atoms. The fourth-order valence-corrected chi connectivity index (χ4v) is 5.67. The van der Waals surface area contributed by atoms with Gasteiger partial charge < -0.3 is 15.7 Å². The molecule has 4 aliphatic rings. The molecule has 0 amide bonds. The quantitative estimate of drug-likeness (QED) is 0.766. The molecule has 2 saturated heterocycles. The summed E-state index contributed by atoms with van der Waals surface area (Å²) in [5.74, 6) is -3.63. The van der Waals surface area contributed by atoms with Gasteiger partial charge in [0.15, 0.2) is 5.78 Å². The summed E-state index contributed by atoms with van der Waals surface area (Å²) < 4.78 is 28.6. The van der Waals surface area contributed by atoms with E-state index in [2.05, 4.69) is 0 Å². The van der Waals surface area contributed by atoms with Crippen LogP contribution in [0.1, 0.15) is 48.9 Å². The third-order valence-corrected chi connectivity index (χ3v) is 6.89. The Morgan fingerprint density at radius 1 is 1.11 bits per heavy atom. The highest BCUT2D eigenvalue weighted by Crippen LogP contribution is 2.48. The van der Waals surface area contributed by atoms with E-state index in [9.17, 15) is 23.5 Å². The van der Waals surface area contributed by atoms with Crippen LogP contribution in [-0.4, -0.2) is 58.0 Å². The number of halogens is 2. The first-order valence-electron chi connectivity index (χ1n) is 9.91. The number of rotatable bonds is 3. The zero-order valence-corrected chi connectivity index (χ0v) is 15.4. The van der Waals surface area contributed by atoms with Crippen LogP contribution in [0.5, 0.6) is 0 Å². The first kappa shape index (κ1) is 18.0. The van der Waals surface area contributed by atoms with Crippen LogP contribution in [0.2, 0.25) is 0 Å². The number of nitrogens with zero attached hydrogens (tertiary/aromatic N) is 2. The molecule has 8 heteroatoms. The van der Waals surface area contributed by atoms with Gasteiger partial charge in [0, 0.05) is 35.8 Å². The van der Waals surface area contributed by atoms with Crippen LogP contribution in [0.25, 0.3) is 0 Å². The molecular formula is C20H23F2N3O3. The summed E-state index contributed by atoms with van der Waals surface area (Å²) in [5, 5.41) is 10.3. The molecular weight excluding hydrogens is 368 g/mol. The molecule has 3 fully saturated rings. The number of carbonyl (C=O) groups excluding carboxylic acids is 1. The standard InChI is InChI=1S/C20H23F2N3O3/c21-10-5-15-17(16(22)6-10)24(12-1-2-12)9-20(18(15)26,19(27)28)25-13-3-4-14(25)8-11(23)7-13/h5-6,11-14H,1-4,7-9,23H2,(H,27,28). The van der Waals surface area contributed by atoms with E-state index in [1.165, 1.54) is 0 Å². The third kappa shape index (κ3) is 2.37. The lowest BCUT2D eigenvalue weighted by Crippen LogP contribution is -2.72. The molecule has 0 spiro atoms. The van der Waals surface area contributed by atoms with Gasteiger partial charge in [0.25, 0.3) is 0 Å². The molecule has 1 aliphatic carbocycles. The maximum absolute atomic E-state index is 14.6. The van der Waals surface area contributed by atoms with E-state index >= 15 is 0 Å². The monoisotopic (exact) mass is 391 g/mol. The number of benzene rings is 1. The summed E-state index contributed by atoms with van der Waals surface area (Å²) >= 11 is 0. The molecule has 3 unspecified atom stereocenters. The van der Waals surface area contributed by atoms with E-state index in [-0.39, 0.29) is 42.0 Å². The zero-order chi connectivity index (χ0) is 19.8. The predicted molar refractivity (Wildman–Crippen MR) is 97.3 cm³/mol. The molecule has 3 N–H and O–H groups in total. The molecule has 0 aromatic heterocycles. The number of carbonyl (C=O) groups is 2. The Hall–Kier alpha value is -2.06. The fraction of sp³-hybridized carbons (Fsp3) is 0.600. The van der Waals surface area contributed by atoms with E-state index in [0.29, 0.717) is 12.8 Å². The SMILES string of the molecule is NC1CC2CCC(C1)N2C1(C(=O)O)CN(C2CC2)c2c(F)cc(F)cc2C1=O. The lowest BCUT2D eigenvalue weighted by Gasteiger charge is -2.51. The van der Waals surface area contributed by atoms with Crippen LogP contribution in [0, 0.1) is 11.6 Å². The highest BCUT2D eigenvalue weighted by Gasteiger charge is 2.63. The van der Waals surface area contributed by atoms with E-state index in [1.807, 2.05) is 4.90 Å². The smallest absolute Gasteiger partial charge is 0.334 e. The van der Waals surface area contributed by atoms with Gasteiger partial charge in [0.05, 0.1) is 12.2 Å². The minimum atomic E-state index is -1.83. The van der Waals surface area contributed by atoms with Crippen LogP contribution in [0.15, 0.2) is 12.1 Å². The summed E-state index contributed by atoms with van der Waals surface area (Å²) in [4.78, 5) is 29.7. The van der Waals surface area contributed by atoms with Gasteiger partial charge in [-0.1, -0.05) is 0 Å². The van der Waals surface area contributed by atoms with Gasteiger partial charge >= 0.3 is 5.97 Å². The molecule has 0 radical (unpaired) electrons. The highest BCUT2D eigenvalue weighted by atomic mass is 19.1. The Balaban J connectivity index is 1.69. The molecule has 150 valence electrons. The minimum Gasteiger partial charge on any atom is -0.479 e. The molecule has 6 nitrogen and oxygen atoms in total. The second-order valence-corrected chi connectivity index (χ2v) is 8.66. The summed E-state index contributed by atoms with van der Waals surface area (Å²) in [7, 11) is 0. The van der Waals surface area contributed by atoms with Crippen molar-refractivity contribution in [2.45, 2.75) is 68.2 Å². The molecule has 3 heterocycles. The molecule has 1 saturated carbocycles. The van der Waals surface area contributed by atoms with Crippen LogP contribution in [-0.2, 0) is 4.79 Å². The van der Waals surface area contributed by atoms with Crippen LogP contribution < -0.4 is 10.6 Å². The normalized spacial score (nSPS) is 35.2. The van der Waals surface area contributed by atoms with E-state index in [4.69, 9.17) is 5.73 Å². The first-order chi connectivity index (χ1) is 13.3. The van der Waals surface area contributed by atoms with Crippen molar-refractivity contribution in [1.82, 2.24) is 4.90 Å². The second-order valence-electron chi connectivity index (χ2n) is 8.66. The number of aliphatic carboxylic acids is 1. The fourth-order valence-electron chi connectivity index (χ4n) is 5.67. The Bertz CT molecular complexity index is 860. The maximum Gasteiger partial charge on any atom is 0.334 e. The molecule has 3 aliphatic heterocycles. The maximum atomic E-state index is 14.6. The molecule has 5 rings (SSSR count). The van der Waals surface area contributed by atoms with Gasteiger partial charge in [-0.3, -0.25) is 9.69 Å². The largest absolute Gasteiger partial charge is 0.479 e. The van der Waals surface area contributed by atoms with Crippen molar-refractivity contribution in [2.75, 3.05) is 11.4 Å². The first-order valence-corrected chi connectivity index (χ1v) is 9.91. The Morgan fingerprint density at radius 3 is 2.29 bits per heavy atom. The van der Waals surface area contributed by atoms with E-state index < -0.39 is 28.9 Å². The van der Waals surface area contributed by atoms with Gasteiger partial charge in [-0.15, -0.1) is 0 Å². The van der Waals surface area contributed by atoms with Gasteiger partial charge in [0.2, 0.25) is 5.54 Å². The number of ketones is 1. The van der Waals surface area contributed by atoms with Crippen LogP contribution in [0.4, 0.5) is 14.5 Å². The summed E-state index contributed by atoms with van der Waals surface area (Å²) in [5.41, 5.74) is 4.19. The number of fused-ring (bicyclic) bond motifs is 3. The predicted octanol–water partition coefficient (Wildman–Crippen LogP) is 1.91. The number of piperidine rings is 1. The highest BCUT2D eigenvalue weighted by molar-refractivity contribution is 6.20. The molecule has 1 aromatic carbocycles. The number of Topliss-reactive ketones (excluding diaryl/α,β-unsaturated/α-hetero) is 1. The van der Waals surface area contributed by atoms with Gasteiger partial charge in [-0.05, 0) is 44.6 Å². The van der Waals surface area contributed by atoms with Crippen molar-refractivity contribution >= 4 is 17.4 Å². The van der Waals surface area contributed by atoms with Crippen molar-refractivity contribution in [3.63, 3.8) is 0 Å². The number of anilines is 1. The van der Waals surface area contributed by atoms with Crippen molar-refractivity contribution in [3.05, 3.63) is 29.3 Å². The summed E-state index contributed by atoms with van der Waals surface area (Å²) in [6, 6.07) is 1.52. The van der Waals surface area contributed by atoms with Crippen LogP contribution >= 0.6 is 0 Å².